The van der Waals surface area contributed by atoms with Crippen molar-refractivity contribution in [2.24, 2.45) is 5.73 Å². The minimum atomic E-state index is -0.519. The number of para-hydroxylation sites is 1. The molecule has 1 aromatic carbocycles. The van der Waals surface area contributed by atoms with Gasteiger partial charge in [-0.25, -0.2) is 0 Å². The Bertz CT molecular complexity index is 475. The van der Waals surface area contributed by atoms with Crippen molar-refractivity contribution in [2.75, 3.05) is 0 Å². The molecule has 0 fully saturated rings. The second kappa shape index (κ2) is 2.81. The highest BCUT2D eigenvalue weighted by atomic mass is 32.1. The number of rotatable bonds is 1. The number of amides is 1. The van der Waals surface area contributed by atoms with Gasteiger partial charge in [0.1, 0.15) is 5.58 Å². The van der Waals surface area contributed by atoms with Gasteiger partial charge in [0.15, 0.2) is 5.09 Å². The van der Waals surface area contributed by atoms with Crippen molar-refractivity contribution in [3.8, 4) is 0 Å². The van der Waals surface area contributed by atoms with E-state index in [0.29, 0.717) is 16.5 Å². The molecule has 2 rings (SSSR count). The molecule has 4 heteroatoms. The maximum atomic E-state index is 11.0. The molecule has 0 aliphatic rings. The van der Waals surface area contributed by atoms with Gasteiger partial charge in [-0.2, -0.15) is 0 Å². The number of primary amides is 1. The van der Waals surface area contributed by atoms with Gasteiger partial charge < -0.3 is 10.2 Å². The van der Waals surface area contributed by atoms with E-state index >= 15 is 0 Å². The Morgan fingerprint density at radius 2 is 2.08 bits per heavy atom. The Morgan fingerprint density at radius 3 is 2.77 bits per heavy atom. The second-order valence-electron chi connectivity index (χ2n) is 2.64. The summed E-state index contributed by atoms with van der Waals surface area (Å²) in [5.41, 5.74) is 6.15. The number of hydrogen-bond acceptors (Lipinski definition) is 3. The van der Waals surface area contributed by atoms with E-state index in [0.717, 1.165) is 0 Å². The third-order valence-corrected chi connectivity index (χ3v) is 2.14. The molecular formula is C9H7NO2S. The molecule has 1 amide bonds. The van der Waals surface area contributed by atoms with Crippen LogP contribution in [0.4, 0.5) is 0 Å². The predicted octanol–water partition coefficient (Wildman–Crippen LogP) is 1.82. The molecule has 0 unspecified atom stereocenters. The number of carbonyl (C=O) groups is 1. The number of furan rings is 1. The van der Waals surface area contributed by atoms with Crippen molar-refractivity contribution in [3.05, 3.63) is 29.8 Å². The van der Waals surface area contributed by atoms with E-state index in [9.17, 15) is 4.79 Å². The third-order valence-electron chi connectivity index (χ3n) is 1.82. The summed E-state index contributed by atoms with van der Waals surface area (Å²) in [6.07, 6.45) is 0. The van der Waals surface area contributed by atoms with Crippen molar-refractivity contribution in [3.63, 3.8) is 0 Å². The van der Waals surface area contributed by atoms with Gasteiger partial charge in [0, 0.05) is 5.39 Å². The highest BCUT2D eigenvalue weighted by Crippen LogP contribution is 2.27. The van der Waals surface area contributed by atoms with E-state index in [1.54, 1.807) is 12.1 Å². The van der Waals surface area contributed by atoms with Gasteiger partial charge in [-0.1, -0.05) is 18.2 Å². The highest BCUT2D eigenvalue weighted by molar-refractivity contribution is 7.80. The predicted molar refractivity (Wildman–Crippen MR) is 52.0 cm³/mol. The first kappa shape index (κ1) is 8.19. The molecule has 2 aromatic rings. The minimum absolute atomic E-state index is 0.272. The van der Waals surface area contributed by atoms with Crippen LogP contribution < -0.4 is 5.73 Å². The van der Waals surface area contributed by atoms with Gasteiger partial charge in [-0.05, 0) is 6.07 Å². The van der Waals surface area contributed by atoms with Gasteiger partial charge in [0.25, 0.3) is 5.91 Å². The molecule has 0 bridgehead atoms. The maximum absolute atomic E-state index is 11.0. The van der Waals surface area contributed by atoms with E-state index in [1.807, 2.05) is 12.1 Å². The lowest BCUT2D eigenvalue weighted by molar-refractivity contribution is 0.0997. The molecule has 0 aliphatic carbocycles. The molecule has 0 saturated heterocycles. The molecule has 0 aliphatic heterocycles. The number of benzene rings is 1. The van der Waals surface area contributed by atoms with Crippen LogP contribution >= 0.6 is 12.6 Å². The first-order valence-corrected chi connectivity index (χ1v) is 4.15. The molecule has 0 saturated carbocycles. The lowest BCUT2D eigenvalue weighted by Gasteiger charge is -1.90. The van der Waals surface area contributed by atoms with Crippen molar-refractivity contribution in [1.82, 2.24) is 0 Å². The molecule has 0 radical (unpaired) electrons. The highest BCUT2D eigenvalue weighted by Gasteiger charge is 2.15. The van der Waals surface area contributed by atoms with Crippen molar-refractivity contribution < 1.29 is 9.21 Å². The minimum Gasteiger partial charge on any atom is -0.449 e. The molecule has 0 spiro atoms. The van der Waals surface area contributed by atoms with Crippen molar-refractivity contribution in [1.29, 1.82) is 0 Å². The molecule has 1 aromatic heterocycles. The molecule has 3 nitrogen and oxygen atoms in total. The van der Waals surface area contributed by atoms with Crippen LogP contribution in [0.5, 0.6) is 0 Å². The summed E-state index contributed by atoms with van der Waals surface area (Å²) in [6, 6.07) is 7.18. The van der Waals surface area contributed by atoms with E-state index in [2.05, 4.69) is 12.6 Å². The van der Waals surface area contributed by atoms with Crippen LogP contribution in [0.25, 0.3) is 11.0 Å². The molecule has 66 valence electrons. The largest absolute Gasteiger partial charge is 0.449 e. The zero-order chi connectivity index (χ0) is 9.42. The number of carbonyl (C=O) groups excluding carboxylic acids is 1. The standard InChI is InChI=1S/C9H7NO2S/c10-8(11)7-5-3-1-2-4-6(5)12-9(7)13/h1-4,13H,(H2,10,11). The quantitative estimate of drug-likeness (QED) is 0.679. The number of nitrogens with two attached hydrogens (primary N) is 1. The summed E-state index contributed by atoms with van der Waals surface area (Å²) < 4.78 is 5.22. The summed E-state index contributed by atoms with van der Waals surface area (Å²) in [4.78, 5) is 11.0. The molecular weight excluding hydrogens is 186 g/mol. The Morgan fingerprint density at radius 1 is 1.38 bits per heavy atom. The van der Waals surface area contributed by atoms with Crippen LogP contribution in [-0.4, -0.2) is 5.91 Å². The Hall–Kier alpha value is -1.42. The second-order valence-corrected chi connectivity index (χ2v) is 3.05. The fourth-order valence-electron chi connectivity index (χ4n) is 1.27. The Kier molecular flexibility index (Phi) is 1.77. The fourth-order valence-corrected chi connectivity index (χ4v) is 1.60. The molecule has 1 heterocycles. The average molecular weight is 193 g/mol. The normalized spacial score (nSPS) is 10.5. The van der Waals surface area contributed by atoms with Crippen LogP contribution in [-0.2, 0) is 0 Å². The fraction of sp³-hybridized carbons (Fsp3) is 0. The van der Waals surface area contributed by atoms with Crippen LogP contribution in [0, 0.1) is 0 Å². The number of hydrogen-bond donors (Lipinski definition) is 2. The third kappa shape index (κ3) is 1.19. The summed E-state index contributed by atoms with van der Waals surface area (Å²) >= 11 is 4.03. The van der Waals surface area contributed by atoms with Gasteiger partial charge in [-0.3, -0.25) is 4.79 Å². The lowest BCUT2D eigenvalue weighted by Crippen LogP contribution is -2.10. The van der Waals surface area contributed by atoms with E-state index in [-0.39, 0.29) is 5.09 Å². The van der Waals surface area contributed by atoms with Gasteiger partial charge in [0.2, 0.25) is 0 Å². The summed E-state index contributed by atoms with van der Waals surface area (Å²) in [6.45, 7) is 0. The van der Waals surface area contributed by atoms with Gasteiger partial charge in [0.05, 0.1) is 5.56 Å². The zero-order valence-electron chi connectivity index (χ0n) is 6.65. The molecule has 2 N–H and O–H groups in total. The topological polar surface area (TPSA) is 56.2 Å². The van der Waals surface area contributed by atoms with Crippen molar-refractivity contribution in [2.45, 2.75) is 5.09 Å². The van der Waals surface area contributed by atoms with Crippen LogP contribution in [0.1, 0.15) is 10.4 Å². The van der Waals surface area contributed by atoms with E-state index < -0.39 is 5.91 Å². The van der Waals surface area contributed by atoms with Gasteiger partial charge in [-0.15, -0.1) is 12.6 Å². The first-order chi connectivity index (χ1) is 6.20. The van der Waals surface area contributed by atoms with Gasteiger partial charge >= 0.3 is 0 Å². The monoisotopic (exact) mass is 193 g/mol. The Labute approximate surface area is 79.9 Å². The van der Waals surface area contributed by atoms with Crippen LogP contribution in [0.2, 0.25) is 0 Å². The molecule has 13 heavy (non-hydrogen) atoms. The van der Waals surface area contributed by atoms with Crippen LogP contribution in [0.15, 0.2) is 33.8 Å². The lowest BCUT2D eigenvalue weighted by atomic mass is 10.2. The summed E-state index contributed by atoms with van der Waals surface area (Å²) in [7, 11) is 0. The number of fused-ring (bicyclic) bond motifs is 1. The molecule has 0 atom stereocenters. The van der Waals surface area contributed by atoms with E-state index in [4.69, 9.17) is 10.2 Å². The SMILES string of the molecule is NC(=O)c1c(S)oc2ccccc12. The Balaban J connectivity index is 2.86. The maximum Gasteiger partial charge on any atom is 0.253 e. The zero-order valence-corrected chi connectivity index (χ0v) is 7.54. The number of thiol groups is 1. The van der Waals surface area contributed by atoms with E-state index in [1.165, 1.54) is 0 Å². The summed E-state index contributed by atoms with van der Waals surface area (Å²) in [5.74, 6) is -0.519. The average Bonchev–Trinajstić information content (AvgIpc) is 2.39. The van der Waals surface area contributed by atoms with Crippen LogP contribution in [0.3, 0.4) is 0 Å². The summed E-state index contributed by atoms with van der Waals surface area (Å²) in [5, 5.41) is 0.980. The first-order valence-electron chi connectivity index (χ1n) is 3.70. The smallest absolute Gasteiger partial charge is 0.253 e. The van der Waals surface area contributed by atoms with Crippen molar-refractivity contribution >= 4 is 29.5 Å².